The molecule has 0 spiro atoms. The Bertz CT molecular complexity index is 1240. The summed E-state index contributed by atoms with van der Waals surface area (Å²) in [7, 11) is 1.50. The molecule has 5 nitrogen and oxygen atoms in total. The monoisotopic (exact) mass is 450 g/mol. The van der Waals surface area contributed by atoms with Crippen LogP contribution in [0.1, 0.15) is 16.7 Å². The molecule has 1 N–H and O–H groups in total. The first-order valence-corrected chi connectivity index (χ1v) is 10.3. The van der Waals surface area contributed by atoms with Crippen LogP contribution in [0.3, 0.4) is 0 Å². The average molecular weight is 451 g/mol. The van der Waals surface area contributed by atoms with E-state index in [0.717, 1.165) is 10.5 Å². The van der Waals surface area contributed by atoms with Crippen LogP contribution < -0.4 is 10.1 Å². The molecule has 0 bridgehead atoms. The van der Waals surface area contributed by atoms with E-state index in [1.54, 1.807) is 48.5 Å². The lowest BCUT2D eigenvalue weighted by Crippen LogP contribution is -2.32. The molecule has 0 aliphatic carbocycles. The molecule has 0 saturated heterocycles. The molecule has 3 aromatic rings. The van der Waals surface area contributed by atoms with E-state index < -0.39 is 11.8 Å². The minimum atomic E-state index is -0.489. The number of hydrogen-bond acceptors (Lipinski definition) is 4. The summed E-state index contributed by atoms with van der Waals surface area (Å²) in [6.07, 6.45) is 0. The highest BCUT2D eigenvalue weighted by Gasteiger charge is 2.40. The fourth-order valence-corrected chi connectivity index (χ4v) is 3.70. The molecule has 1 aliphatic heterocycles. The van der Waals surface area contributed by atoms with Crippen molar-refractivity contribution in [3.8, 4) is 5.75 Å². The Morgan fingerprint density at radius 3 is 2.41 bits per heavy atom. The first kappa shape index (κ1) is 21.6. The van der Waals surface area contributed by atoms with Crippen molar-refractivity contribution >= 4 is 34.7 Å². The second-order valence-corrected chi connectivity index (χ2v) is 7.77. The molecule has 0 aromatic heterocycles. The molecule has 162 valence electrons. The second-order valence-electron chi connectivity index (χ2n) is 7.36. The minimum absolute atomic E-state index is 0.0103. The number of halogens is 2. The molecule has 0 saturated carbocycles. The van der Waals surface area contributed by atoms with Crippen molar-refractivity contribution in [3.63, 3.8) is 0 Å². The number of amides is 2. The SMILES string of the molecule is COc1ccccc1C1=C(Nc2ccc(C)c(Cl)c2)C(=O)N(Cc2ccc(F)cc2)C1=O. The summed E-state index contributed by atoms with van der Waals surface area (Å²) in [6, 6.07) is 18.0. The van der Waals surface area contributed by atoms with Crippen LogP contribution in [0.15, 0.2) is 72.4 Å². The largest absolute Gasteiger partial charge is 0.496 e. The number of nitrogens with zero attached hydrogens (tertiary/aromatic N) is 1. The third-order valence-electron chi connectivity index (χ3n) is 5.24. The van der Waals surface area contributed by atoms with Gasteiger partial charge in [0, 0.05) is 16.3 Å². The van der Waals surface area contributed by atoms with E-state index in [1.165, 1.54) is 19.2 Å². The molecule has 1 aliphatic rings. The van der Waals surface area contributed by atoms with Gasteiger partial charge in [-0.15, -0.1) is 0 Å². The second kappa shape index (κ2) is 8.85. The molecule has 0 radical (unpaired) electrons. The van der Waals surface area contributed by atoms with Gasteiger partial charge in [-0.3, -0.25) is 14.5 Å². The number of hydrogen-bond donors (Lipinski definition) is 1. The maximum atomic E-state index is 13.4. The number of benzene rings is 3. The van der Waals surface area contributed by atoms with Gasteiger partial charge < -0.3 is 10.1 Å². The molecular weight excluding hydrogens is 431 g/mol. The molecular formula is C25H20ClFN2O3. The van der Waals surface area contributed by atoms with Crippen LogP contribution in [0.25, 0.3) is 5.57 Å². The van der Waals surface area contributed by atoms with Crippen molar-refractivity contribution in [2.24, 2.45) is 0 Å². The van der Waals surface area contributed by atoms with Crippen molar-refractivity contribution in [3.05, 3.63) is 100.0 Å². The van der Waals surface area contributed by atoms with E-state index in [9.17, 15) is 14.0 Å². The summed E-state index contributed by atoms with van der Waals surface area (Å²) >= 11 is 6.25. The highest BCUT2D eigenvalue weighted by atomic mass is 35.5. The molecule has 0 unspecified atom stereocenters. The lowest BCUT2D eigenvalue weighted by atomic mass is 10.0. The van der Waals surface area contributed by atoms with Crippen molar-refractivity contribution in [1.29, 1.82) is 0 Å². The van der Waals surface area contributed by atoms with Crippen molar-refractivity contribution < 1.29 is 18.7 Å². The molecule has 32 heavy (non-hydrogen) atoms. The van der Waals surface area contributed by atoms with Gasteiger partial charge in [0.15, 0.2) is 0 Å². The van der Waals surface area contributed by atoms with E-state index >= 15 is 0 Å². The van der Waals surface area contributed by atoms with Gasteiger partial charge in [0.1, 0.15) is 17.3 Å². The summed E-state index contributed by atoms with van der Waals surface area (Å²) < 4.78 is 18.7. The number of anilines is 1. The van der Waals surface area contributed by atoms with Gasteiger partial charge in [0.05, 0.1) is 19.2 Å². The number of imide groups is 1. The zero-order valence-corrected chi connectivity index (χ0v) is 18.2. The lowest BCUT2D eigenvalue weighted by molar-refractivity contribution is -0.137. The van der Waals surface area contributed by atoms with E-state index in [0.29, 0.717) is 27.6 Å². The van der Waals surface area contributed by atoms with Crippen LogP contribution in [-0.2, 0) is 16.1 Å². The Labute approximate surface area is 190 Å². The van der Waals surface area contributed by atoms with E-state index in [4.69, 9.17) is 16.3 Å². The van der Waals surface area contributed by atoms with Crippen LogP contribution in [0.5, 0.6) is 5.75 Å². The highest BCUT2D eigenvalue weighted by molar-refractivity contribution is 6.37. The number of rotatable bonds is 6. The molecule has 0 atom stereocenters. The fraction of sp³-hybridized carbons (Fsp3) is 0.120. The predicted molar refractivity (Wildman–Crippen MR) is 122 cm³/mol. The van der Waals surface area contributed by atoms with Crippen LogP contribution in [0.2, 0.25) is 5.02 Å². The third kappa shape index (κ3) is 4.09. The van der Waals surface area contributed by atoms with Crippen LogP contribution in [-0.4, -0.2) is 23.8 Å². The Hall–Kier alpha value is -3.64. The number of carbonyl (C=O) groups excluding carboxylic acids is 2. The van der Waals surface area contributed by atoms with Gasteiger partial charge in [-0.1, -0.05) is 48.0 Å². The molecule has 1 heterocycles. The minimum Gasteiger partial charge on any atom is -0.496 e. The Morgan fingerprint density at radius 2 is 1.72 bits per heavy atom. The lowest BCUT2D eigenvalue weighted by Gasteiger charge is -2.16. The van der Waals surface area contributed by atoms with Gasteiger partial charge in [-0.25, -0.2) is 4.39 Å². The molecule has 7 heteroatoms. The Kier molecular flexibility index (Phi) is 5.97. The predicted octanol–water partition coefficient (Wildman–Crippen LogP) is 5.19. The molecule has 2 amide bonds. The molecule has 0 fully saturated rings. The fourth-order valence-electron chi connectivity index (χ4n) is 3.52. The van der Waals surface area contributed by atoms with Gasteiger partial charge in [-0.05, 0) is 48.4 Å². The number of methoxy groups -OCH3 is 1. The van der Waals surface area contributed by atoms with Gasteiger partial charge >= 0.3 is 0 Å². The zero-order valence-electron chi connectivity index (χ0n) is 17.5. The average Bonchev–Trinajstić information content (AvgIpc) is 3.01. The standard InChI is InChI=1S/C25H20ClFN2O3/c1-15-7-12-18(13-20(15)26)28-23-22(19-5-3-4-6-21(19)32-2)24(30)29(25(23)31)14-16-8-10-17(27)11-9-16/h3-13,28H,14H2,1-2H3. The number of carbonyl (C=O) groups is 2. The van der Waals surface area contributed by atoms with Gasteiger partial charge in [-0.2, -0.15) is 0 Å². The topological polar surface area (TPSA) is 58.6 Å². The highest BCUT2D eigenvalue weighted by Crippen LogP contribution is 2.36. The van der Waals surface area contributed by atoms with Crippen molar-refractivity contribution in [2.75, 3.05) is 12.4 Å². The van der Waals surface area contributed by atoms with E-state index in [-0.39, 0.29) is 23.6 Å². The van der Waals surface area contributed by atoms with Crippen molar-refractivity contribution in [2.45, 2.75) is 13.5 Å². The Balaban J connectivity index is 1.78. The summed E-state index contributed by atoms with van der Waals surface area (Å²) in [6.45, 7) is 1.89. The molecule has 4 rings (SSSR count). The number of aryl methyl sites for hydroxylation is 1. The third-order valence-corrected chi connectivity index (χ3v) is 5.65. The zero-order chi connectivity index (χ0) is 22.8. The number of para-hydroxylation sites is 1. The van der Waals surface area contributed by atoms with E-state index in [1.807, 2.05) is 13.0 Å². The maximum absolute atomic E-state index is 13.4. The van der Waals surface area contributed by atoms with Crippen molar-refractivity contribution in [1.82, 2.24) is 4.90 Å². The summed E-state index contributed by atoms with van der Waals surface area (Å²) in [5, 5.41) is 3.62. The maximum Gasteiger partial charge on any atom is 0.278 e. The summed E-state index contributed by atoms with van der Waals surface area (Å²) in [5.41, 5.74) is 2.92. The number of ether oxygens (including phenoxy) is 1. The van der Waals surface area contributed by atoms with E-state index in [2.05, 4.69) is 5.32 Å². The normalized spacial score (nSPS) is 13.7. The van der Waals surface area contributed by atoms with Gasteiger partial charge in [0.25, 0.3) is 11.8 Å². The van der Waals surface area contributed by atoms with Crippen LogP contribution in [0, 0.1) is 12.7 Å². The van der Waals surface area contributed by atoms with Crippen LogP contribution >= 0.6 is 11.6 Å². The first-order chi connectivity index (χ1) is 15.4. The number of nitrogens with one attached hydrogen (secondary N) is 1. The molecule has 3 aromatic carbocycles. The van der Waals surface area contributed by atoms with Gasteiger partial charge in [0.2, 0.25) is 0 Å². The van der Waals surface area contributed by atoms with Crippen LogP contribution in [0.4, 0.5) is 10.1 Å². The summed E-state index contributed by atoms with van der Waals surface area (Å²) in [4.78, 5) is 27.9. The summed E-state index contributed by atoms with van der Waals surface area (Å²) in [5.74, 6) is -0.880. The smallest absolute Gasteiger partial charge is 0.278 e. The first-order valence-electron chi connectivity index (χ1n) is 9.90. The quantitative estimate of drug-likeness (QED) is 0.525. The Morgan fingerprint density at radius 1 is 1.00 bits per heavy atom.